The number of hydrogen-bond acceptors (Lipinski definition) is 3. The van der Waals surface area contributed by atoms with E-state index in [1.165, 1.54) is 0 Å². The molecule has 4 heteroatoms. The minimum atomic E-state index is -0.0762. The van der Waals surface area contributed by atoms with Crippen LogP contribution in [0, 0.1) is 0 Å². The topological polar surface area (TPSA) is 54.1 Å². The predicted molar refractivity (Wildman–Crippen MR) is 71.8 cm³/mol. The molecule has 1 heterocycles. The average Bonchev–Trinajstić information content (AvgIpc) is 2.41. The van der Waals surface area contributed by atoms with E-state index in [4.69, 9.17) is 4.74 Å². The van der Waals surface area contributed by atoms with Gasteiger partial charge in [0.2, 0.25) is 0 Å². The highest BCUT2D eigenvalue weighted by Gasteiger charge is 2.07. The number of nitrogens with one attached hydrogen (secondary N) is 2. The van der Waals surface area contributed by atoms with Crippen LogP contribution in [0.4, 0.5) is 0 Å². The van der Waals surface area contributed by atoms with Gasteiger partial charge in [-0.3, -0.25) is 4.79 Å². The van der Waals surface area contributed by atoms with Crippen LogP contribution in [-0.4, -0.2) is 19.1 Å². The van der Waals surface area contributed by atoms with Crippen LogP contribution in [0.15, 0.2) is 41.2 Å². The van der Waals surface area contributed by atoms with E-state index in [2.05, 4.69) is 10.3 Å². The number of rotatable bonds is 4. The molecule has 4 nitrogen and oxygen atoms in total. The van der Waals surface area contributed by atoms with E-state index < -0.39 is 0 Å². The van der Waals surface area contributed by atoms with Crippen molar-refractivity contribution in [2.45, 2.75) is 6.54 Å². The monoisotopic (exact) mass is 244 g/mol. The Balaban J connectivity index is 2.46. The lowest BCUT2D eigenvalue weighted by Gasteiger charge is -2.08. The van der Waals surface area contributed by atoms with Crippen molar-refractivity contribution in [2.75, 3.05) is 14.2 Å². The third-order valence-electron chi connectivity index (χ3n) is 2.76. The third kappa shape index (κ3) is 2.43. The fraction of sp³-hybridized carbons (Fsp3) is 0.214. The normalized spacial score (nSPS) is 10.3. The minimum Gasteiger partial charge on any atom is -0.496 e. The van der Waals surface area contributed by atoms with Crippen LogP contribution in [0.3, 0.4) is 0 Å². The summed E-state index contributed by atoms with van der Waals surface area (Å²) < 4.78 is 5.28. The summed E-state index contributed by atoms with van der Waals surface area (Å²) in [5, 5.41) is 2.96. The number of pyridine rings is 1. The Kier molecular flexibility index (Phi) is 3.79. The summed E-state index contributed by atoms with van der Waals surface area (Å²) in [5.74, 6) is 0.745. The van der Waals surface area contributed by atoms with Crippen molar-refractivity contribution in [3.05, 3.63) is 52.3 Å². The van der Waals surface area contributed by atoms with Crippen LogP contribution in [-0.2, 0) is 6.54 Å². The molecule has 0 radical (unpaired) electrons. The van der Waals surface area contributed by atoms with Gasteiger partial charge in [0, 0.05) is 17.7 Å². The zero-order chi connectivity index (χ0) is 13.0. The Labute approximate surface area is 106 Å². The van der Waals surface area contributed by atoms with Gasteiger partial charge in [0.15, 0.2) is 0 Å². The quantitative estimate of drug-likeness (QED) is 0.861. The van der Waals surface area contributed by atoms with E-state index >= 15 is 0 Å². The summed E-state index contributed by atoms with van der Waals surface area (Å²) in [5.41, 5.74) is 2.29. The van der Waals surface area contributed by atoms with Crippen molar-refractivity contribution in [1.29, 1.82) is 0 Å². The summed E-state index contributed by atoms with van der Waals surface area (Å²) >= 11 is 0. The largest absolute Gasteiger partial charge is 0.496 e. The molecule has 0 aliphatic carbocycles. The van der Waals surface area contributed by atoms with E-state index in [9.17, 15) is 4.79 Å². The van der Waals surface area contributed by atoms with Gasteiger partial charge in [-0.05, 0) is 25.2 Å². The van der Waals surface area contributed by atoms with Crippen molar-refractivity contribution in [3.63, 3.8) is 0 Å². The first-order valence-corrected chi connectivity index (χ1v) is 5.76. The molecule has 0 spiro atoms. The van der Waals surface area contributed by atoms with Gasteiger partial charge in [-0.1, -0.05) is 18.2 Å². The Bertz CT molecular complexity index is 590. The number of benzene rings is 1. The lowest BCUT2D eigenvalue weighted by Crippen LogP contribution is -2.18. The number of methoxy groups -OCH3 is 1. The van der Waals surface area contributed by atoms with Crippen LogP contribution in [0.25, 0.3) is 11.3 Å². The zero-order valence-corrected chi connectivity index (χ0v) is 10.5. The maximum atomic E-state index is 11.9. The Morgan fingerprint density at radius 1 is 1.22 bits per heavy atom. The minimum absolute atomic E-state index is 0.0762. The summed E-state index contributed by atoms with van der Waals surface area (Å²) in [6, 6.07) is 11.3. The van der Waals surface area contributed by atoms with Crippen LogP contribution >= 0.6 is 0 Å². The van der Waals surface area contributed by atoms with Gasteiger partial charge in [-0.25, -0.2) is 0 Å². The van der Waals surface area contributed by atoms with Crippen LogP contribution < -0.4 is 15.6 Å². The van der Waals surface area contributed by atoms with Gasteiger partial charge >= 0.3 is 0 Å². The van der Waals surface area contributed by atoms with Crippen LogP contribution in [0.2, 0.25) is 0 Å². The highest BCUT2D eigenvalue weighted by atomic mass is 16.5. The first kappa shape index (κ1) is 12.4. The standard InChI is InChI=1S/C14H16N2O2/c1-15-9-10-7-8-12(16-14(10)17)11-5-3-4-6-13(11)18-2/h3-8,15H,9H2,1-2H3,(H,16,17). The molecular formula is C14H16N2O2. The van der Waals surface area contributed by atoms with Gasteiger partial charge in [-0.2, -0.15) is 0 Å². The van der Waals surface area contributed by atoms with Gasteiger partial charge < -0.3 is 15.0 Å². The molecule has 18 heavy (non-hydrogen) atoms. The first-order valence-electron chi connectivity index (χ1n) is 5.76. The van der Waals surface area contributed by atoms with Gasteiger partial charge in [0.1, 0.15) is 5.75 Å². The second-order valence-corrected chi connectivity index (χ2v) is 3.96. The van der Waals surface area contributed by atoms with Crippen molar-refractivity contribution < 1.29 is 4.74 Å². The SMILES string of the molecule is CNCc1ccc(-c2ccccc2OC)[nH]c1=O. The molecule has 0 unspecified atom stereocenters. The maximum absolute atomic E-state index is 11.9. The third-order valence-corrected chi connectivity index (χ3v) is 2.76. The van der Waals surface area contributed by atoms with E-state index in [0.717, 1.165) is 22.6 Å². The molecule has 0 atom stereocenters. The molecule has 2 rings (SSSR count). The fourth-order valence-electron chi connectivity index (χ4n) is 1.86. The highest BCUT2D eigenvalue weighted by Crippen LogP contribution is 2.27. The number of ether oxygens (including phenoxy) is 1. The highest BCUT2D eigenvalue weighted by molar-refractivity contribution is 5.66. The Morgan fingerprint density at radius 3 is 2.67 bits per heavy atom. The van der Waals surface area contributed by atoms with E-state index in [-0.39, 0.29) is 5.56 Å². The second-order valence-electron chi connectivity index (χ2n) is 3.96. The number of H-pyrrole nitrogens is 1. The van der Waals surface area contributed by atoms with E-state index in [1.807, 2.05) is 43.4 Å². The Morgan fingerprint density at radius 2 is 2.00 bits per heavy atom. The number of aromatic nitrogens is 1. The van der Waals surface area contributed by atoms with Gasteiger partial charge in [0.05, 0.1) is 12.8 Å². The zero-order valence-electron chi connectivity index (χ0n) is 10.5. The molecule has 0 fully saturated rings. The van der Waals surface area contributed by atoms with E-state index in [0.29, 0.717) is 6.54 Å². The molecule has 0 saturated heterocycles. The van der Waals surface area contributed by atoms with Crippen molar-refractivity contribution in [1.82, 2.24) is 10.3 Å². The smallest absolute Gasteiger partial charge is 0.252 e. The van der Waals surface area contributed by atoms with Gasteiger partial charge in [-0.15, -0.1) is 0 Å². The second kappa shape index (κ2) is 5.51. The molecule has 94 valence electrons. The van der Waals surface area contributed by atoms with Gasteiger partial charge in [0.25, 0.3) is 5.56 Å². The number of aromatic amines is 1. The molecule has 1 aromatic heterocycles. The summed E-state index contributed by atoms with van der Waals surface area (Å²) in [6.07, 6.45) is 0. The summed E-state index contributed by atoms with van der Waals surface area (Å²) in [4.78, 5) is 14.7. The molecule has 2 aromatic rings. The number of para-hydroxylation sites is 1. The number of hydrogen-bond donors (Lipinski definition) is 2. The van der Waals surface area contributed by atoms with Crippen molar-refractivity contribution >= 4 is 0 Å². The first-order chi connectivity index (χ1) is 8.76. The van der Waals surface area contributed by atoms with E-state index in [1.54, 1.807) is 7.11 Å². The molecule has 1 aromatic carbocycles. The molecule has 2 N–H and O–H groups in total. The van der Waals surface area contributed by atoms with Crippen molar-refractivity contribution in [2.24, 2.45) is 0 Å². The molecule has 0 amide bonds. The summed E-state index contributed by atoms with van der Waals surface area (Å²) in [7, 11) is 3.43. The van der Waals surface area contributed by atoms with Crippen molar-refractivity contribution in [3.8, 4) is 17.0 Å². The van der Waals surface area contributed by atoms with Crippen LogP contribution in [0.1, 0.15) is 5.56 Å². The van der Waals surface area contributed by atoms with Crippen LogP contribution in [0.5, 0.6) is 5.75 Å². The molecule has 0 saturated carbocycles. The molecule has 0 aliphatic rings. The fourth-order valence-corrected chi connectivity index (χ4v) is 1.86. The summed E-state index contributed by atoms with van der Waals surface area (Å²) in [6.45, 7) is 0.557. The average molecular weight is 244 g/mol. The Hall–Kier alpha value is -2.07. The lowest BCUT2D eigenvalue weighted by atomic mass is 10.1. The molecule has 0 bridgehead atoms. The molecular weight excluding hydrogens is 228 g/mol. The lowest BCUT2D eigenvalue weighted by molar-refractivity contribution is 0.416. The molecule has 0 aliphatic heterocycles. The maximum Gasteiger partial charge on any atom is 0.252 e. The predicted octanol–water partition coefficient (Wildman–Crippen LogP) is 1.77.